The molecule has 0 spiro atoms. The summed E-state index contributed by atoms with van der Waals surface area (Å²) in [7, 11) is 0. The van der Waals surface area contributed by atoms with Crippen molar-refractivity contribution in [2.24, 2.45) is 0 Å². The molecule has 1 heterocycles. The second-order valence-electron chi connectivity index (χ2n) is 3.24. The summed E-state index contributed by atoms with van der Waals surface area (Å²) < 4.78 is 15.1. The van der Waals surface area contributed by atoms with Crippen LogP contribution < -0.4 is 0 Å². The third-order valence-electron chi connectivity index (χ3n) is 2.34. The van der Waals surface area contributed by atoms with Gasteiger partial charge in [-0.2, -0.15) is 0 Å². The van der Waals surface area contributed by atoms with Gasteiger partial charge in [0.05, 0.1) is 12.1 Å². The van der Waals surface area contributed by atoms with Crippen LogP contribution in [0.5, 0.6) is 0 Å². The van der Waals surface area contributed by atoms with Crippen LogP contribution in [0.15, 0.2) is 24.3 Å². The lowest BCUT2D eigenvalue weighted by Crippen LogP contribution is -2.01. The van der Waals surface area contributed by atoms with Crippen LogP contribution in [0, 0.1) is 12.7 Å². The standard InChI is InChI=1S/C11H10FNO/c1-8-7-9-3-2-4-10(12)11(9)13(8)5-6-14/h2-4,6-7H,5H2,1H3. The van der Waals surface area contributed by atoms with Crippen molar-refractivity contribution >= 4 is 17.2 Å². The predicted octanol–water partition coefficient (Wildman–Crippen LogP) is 2.29. The molecule has 0 aliphatic heterocycles. The number of aromatic nitrogens is 1. The minimum atomic E-state index is -0.280. The Hall–Kier alpha value is -1.64. The van der Waals surface area contributed by atoms with Crippen molar-refractivity contribution in [3.05, 3.63) is 35.8 Å². The molecule has 2 rings (SSSR count). The number of carbonyl (C=O) groups excluding carboxylic acids is 1. The SMILES string of the molecule is Cc1cc2cccc(F)c2n1CC=O. The summed E-state index contributed by atoms with van der Waals surface area (Å²) in [6, 6.07) is 6.79. The number of benzene rings is 1. The number of fused-ring (bicyclic) bond motifs is 1. The minimum Gasteiger partial charge on any atom is -0.335 e. The van der Waals surface area contributed by atoms with E-state index in [2.05, 4.69) is 0 Å². The van der Waals surface area contributed by atoms with E-state index in [1.807, 2.05) is 19.1 Å². The van der Waals surface area contributed by atoms with Gasteiger partial charge >= 0.3 is 0 Å². The van der Waals surface area contributed by atoms with Crippen molar-refractivity contribution in [2.75, 3.05) is 0 Å². The quantitative estimate of drug-likeness (QED) is 0.667. The second-order valence-corrected chi connectivity index (χ2v) is 3.24. The third-order valence-corrected chi connectivity index (χ3v) is 2.34. The molecular formula is C11H10FNO. The fourth-order valence-electron chi connectivity index (χ4n) is 1.72. The van der Waals surface area contributed by atoms with E-state index < -0.39 is 0 Å². The van der Waals surface area contributed by atoms with Gasteiger partial charge in [0.25, 0.3) is 0 Å². The number of rotatable bonds is 2. The molecule has 1 aromatic carbocycles. The molecule has 0 saturated heterocycles. The van der Waals surface area contributed by atoms with Crippen molar-refractivity contribution in [2.45, 2.75) is 13.5 Å². The van der Waals surface area contributed by atoms with Gasteiger partial charge < -0.3 is 9.36 Å². The van der Waals surface area contributed by atoms with Crippen molar-refractivity contribution < 1.29 is 9.18 Å². The van der Waals surface area contributed by atoms with Crippen LogP contribution in [0.3, 0.4) is 0 Å². The lowest BCUT2D eigenvalue weighted by atomic mass is 10.2. The fraction of sp³-hybridized carbons (Fsp3) is 0.182. The van der Waals surface area contributed by atoms with Crippen LogP contribution in [0.25, 0.3) is 10.9 Å². The Morgan fingerprint density at radius 2 is 2.29 bits per heavy atom. The molecule has 0 aliphatic rings. The van der Waals surface area contributed by atoms with Gasteiger partial charge in [0.1, 0.15) is 12.1 Å². The van der Waals surface area contributed by atoms with Crippen LogP contribution in [0.1, 0.15) is 5.69 Å². The highest BCUT2D eigenvalue weighted by atomic mass is 19.1. The number of para-hydroxylation sites is 1. The maximum atomic E-state index is 13.4. The first-order valence-electron chi connectivity index (χ1n) is 4.42. The van der Waals surface area contributed by atoms with Gasteiger partial charge in [-0.25, -0.2) is 4.39 Å². The van der Waals surface area contributed by atoms with E-state index in [9.17, 15) is 9.18 Å². The number of carbonyl (C=O) groups is 1. The molecule has 0 fully saturated rings. The highest BCUT2D eigenvalue weighted by Crippen LogP contribution is 2.21. The van der Waals surface area contributed by atoms with E-state index in [0.29, 0.717) is 5.52 Å². The van der Waals surface area contributed by atoms with E-state index in [4.69, 9.17) is 0 Å². The molecule has 0 bridgehead atoms. The predicted molar refractivity (Wildman–Crippen MR) is 52.7 cm³/mol. The molecule has 0 N–H and O–H groups in total. The largest absolute Gasteiger partial charge is 0.335 e. The Labute approximate surface area is 81.0 Å². The van der Waals surface area contributed by atoms with Gasteiger partial charge in [0.2, 0.25) is 0 Å². The average molecular weight is 191 g/mol. The summed E-state index contributed by atoms with van der Waals surface area (Å²) in [5, 5.41) is 0.837. The minimum absolute atomic E-state index is 0.205. The summed E-state index contributed by atoms with van der Waals surface area (Å²) in [6.07, 6.45) is 0.777. The molecule has 14 heavy (non-hydrogen) atoms. The summed E-state index contributed by atoms with van der Waals surface area (Å²) in [4.78, 5) is 10.4. The topological polar surface area (TPSA) is 22.0 Å². The Morgan fingerprint density at radius 3 is 3.00 bits per heavy atom. The summed E-state index contributed by atoms with van der Waals surface area (Å²) in [5.74, 6) is -0.280. The summed E-state index contributed by atoms with van der Waals surface area (Å²) in [5.41, 5.74) is 1.41. The van der Waals surface area contributed by atoms with Crippen LogP contribution in [-0.4, -0.2) is 10.9 Å². The van der Waals surface area contributed by atoms with E-state index in [1.165, 1.54) is 6.07 Å². The monoisotopic (exact) mass is 191 g/mol. The smallest absolute Gasteiger partial charge is 0.147 e. The van der Waals surface area contributed by atoms with Gasteiger partial charge in [-0.15, -0.1) is 0 Å². The van der Waals surface area contributed by atoms with Crippen molar-refractivity contribution in [3.8, 4) is 0 Å². The molecule has 1 aromatic heterocycles. The van der Waals surface area contributed by atoms with Crippen LogP contribution >= 0.6 is 0 Å². The molecule has 0 unspecified atom stereocenters. The second kappa shape index (κ2) is 3.25. The van der Waals surface area contributed by atoms with Crippen LogP contribution in [0.4, 0.5) is 4.39 Å². The Kier molecular flexibility index (Phi) is 2.08. The summed E-state index contributed by atoms with van der Waals surface area (Å²) in [6.45, 7) is 2.07. The Morgan fingerprint density at radius 1 is 1.50 bits per heavy atom. The Balaban J connectivity index is 2.79. The normalized spacial score (nSPS) is 10.7. The zero-order valence-electron chi connectivity index (χ0n) is 7.83. The van der Waals surface area contributed by atoms with Crippen LogP contribution in [0.2, 0.25) is 0 Å². The van der Waals surface area contributed by atoms with E-state index in [0.717, 1.165) is 17.4 Å². The van der Waals surface area contributed by atoms with E-state index in [-0.39, 0.29) is 12.4 Å². The lowest BCUT2D eigenvalue weighted by Gasteiger charge is -2.03. The molecule has 72 valence electrons. The number of hydrogen-bond donors (Lipinski definition) is 0. The molecule has 0 radical (unpaired) electrons. The van der Waals surface area contributed by atoms with Gasteiger partial charge in [-0.3, -0.25) is 0 Å². The Bertz CT molecular complexity index is 487. The third kappa shape index (κ3) is 1.21. The number of hydrogen-bond acceptors (Lipinski definition) is 1. The molecule has 0 aliphatic carbocycles. The van der Waals surface area contributed by atoms with E-state index >= 15 is 0 Å². The molecule has 2 nitrogen and oxygen atoms in total. The lowest BCUT2D eigenvalue weighted by molar-refractivity contribution is -0.108. The molecular weight excluding hydrogens is 181 g/mol. The van der Waals surface area contributed by atoms with Crippen molar-refractivity contribution in [3.63, 3.8) is 0 Å². The van der Waals surface area contributed by atoms with Crippen molar-refractivity contribution in [1.82, 2.24) is 4.57 Å². The molecule has 0 atom stereocenters. The maximum Gasteiger partial charge on any atom is 0.147 e. The van der Waals surface area contributed by atoms with Crippen molar-refractivity contribution in [1.29, 1.82) is 0 Å². The zero-order chi connectivity index (χ0) is 10.1. The first kappa shape index (κ1) is 8.94. The molecule has 3 heteroatoms. The fourth-order valence-corrected chi connectivity index (χ4v) is 1.72. The number of halogens is 1. The van der Waals surface area contributed by atoms with Crippen LogP contribution in [-0.2, 0) is 11.3 Å². The van der Waals surface area contributed by atoms with Gasteiger partial charge in [0.15, 0.2) is 0 Å². The maximum absolute atomic E-state index is 13.4. The number of aryl methyl sites for hydroxylation is 1. The summed E-state index contributed by atoms with van der Waals surface area (Å²) >= 11 is 0. The van der Waals surface area contributed by atoms with Gasteiger partial charge in [0, 0.05) is 11.1 Å². The van der Waals surface area contributed by atoms with Gasteiger partial charge in [-0.1, -0.05) is 12.1 Å². The van der Waals surface area contributed by atoms with Gasteiger partial charge in [-0.05, 0) is 19.1 Å². The first-order chi connectivity index (χ1) is 6.74. The number of aldehydes is 1. The molecule has 0 saturated carbocycles. The first-order valence-corrected chi connectivity index (χ1v) is 4.42. The zero-order valence-corrected chi connectivity index (χ0v) is 7.83. The number of nitrogens with zero attached hydrogens (tertiary/aromatic N) is 1. The molecule has 0 amide bonds. The average Bonchev–Trinajstić information content (AvgIpc) is 2.45. The molecule has 2 aromatic rings. The highest BCUT2D eigenvalue weighted by molar-refractivity contribution is 5.82. The highest BCUT2D eigenvalue weighted by Gasteiger charge is 2.08. The van der Waals surface area contributed by atoms with E-state index in [1.54, 1.807) is 10.6 Å².